The van der Waals surface area contributed by atoms with Gasteiger partial charge in [-0.05, 0) is 17.2 Å². The molecule has 0 aliphatic carbocycles. The van der Waals surface area contributed by atoms with Crippen molar-refractivity contribution in [2.24, 2.45) is 0 Å². The molecule has 0 radical (unpaired) electrons. The summed E-state index contributed by atoms with van der Waals surface area (Å²) in [5, 5.41) is 18.8. The first-order valence-corrected chi connectivity index (χ1v) is 9.58. The Hall–Kier alpha value is -4.33. The molecule has 0 aliphatic rings. The van der Waals surface area contributed by atoms with E-state index in [-0.39, 0.29) is 30.0 Å². The molecule has 31 heavy (non-hydrogen) atoms. The Morgan fingerprint density at radius 2 is 1.55 bits per heavy atom. The van der Waals surface area contributed by atoms with Gasteiger partial charge in [0.1, 0.15) is 0 Å². The van der Waals surface area contributed by atoms with E-state index in [1.807, 2.05) is 30.3 Å². The molecule has 154 valence electrons. The maximum Gasteiger partial charge on any atom is 0.274 e. The van der Waals surface area contributed by atoms with E-state index in [0.29, 0.717) is 16.3 Å². The van der Waals surface area contributed by atoms with Crippen molar-refractivity contribution in [1.82, 2.24) is 15.1 Å². The highest BCUT2D eigenvalue weighted by molar-refractivity contribution is 6.04. The quantitative estimate of drug-likeness (QED) is 0.385. The van der Waals surface area contributed by atoms with Crippen molar-refractivity contribution < 1.29 is 9.72 Å². The van der Waals surface area contributed by atoms with Crippen LogP contribution in [0.25, 0.3) is 10.8 Å². The third kappa shape index (κ3) is 4.32. The van der Waals surface area contributed by atoms with Crippen molar-refractivity contribution in [2.45, 2.75) is 13.1 Å². The molecule has 8 nitrogen and oxygen atoms in total. The zero-order valence-corrected chi connectivity index (χ0v) is 16.4. The van der Waals surface area contributed by atoms with Gasteiger partial charge in [-0.1, -0.05) is 60.7 Å². The van der Waals surface area contributed by atoms with E-state index in [1.165, 1.54) is 16.8 Å². The van der Waals surface area contributed by atoms with Crippen molar-refractivity contribution in [1.29, 1.82) is 0 Å². The number of nitro benzene ring substituents is 1. The fourth-order valence-electron chi connectivity index (χ4n) is 3.27. The Morgan fingerprint density at radius 3 is 2.23 bits per heavy atom. The molecule has 4 aromatic rings. The highest BCUT2D eigenvalue weighted by Gasteiger charge is 2.17. The minimum Gasteiger partial charge on any atom is -0.347 e. The lowest BCUT2D eigenvalue weighted by Gasteiger charge is -2.11. The minimum absolute atomic E-state index is 0.0178. The van der Waals surface area contributed by atoms with Gasteiger partial charge in [0.2, 0.25) is 0 Å². The molecule has 0 fully saturated rings. The summed E-state index contributed by atoms with van der Waals surface area (Å²) in [5.41, 5.74) is 1.46. The lowest BCUT2D eigenvalue weighted by Crippen LogP contribution is -2.30. The van der Waals surface area contributed by atoms with Gasteiger partial charge in [0, 0.05) is 24.1 Å². The largest absolute Gasteiger partial charge is 0.347 e. The van der Waals surface area contributed by atoms with E-state index < -0.39 is 10.8 Å². The molecule has 0 spiro atoms. The Bertz CT molecular complexity index is 1320. The topological polar surface area (TPSA) is 107 Å². The predicted octanol–water partition coefficient (Wildman–Crippen LogP) is 3.28. The van der Waals surface area contributed by atoms with E-state index in [4.69, 9.17) is 0 Å². The van der Waals surface area contributed by atoms with E-state index in [9.17, 15) is 19.7 Å². The van der Waals surface area contributed by atoms with Gasteiger partial charge in [-0.3, -0.25) is 19.7 Å². The molecule has 1 amide bonds. The molecular formula is C23H18N4O4. The number of nitrogens with zero attached hydrogens (tertiary/aromatic N) is 3. The van der Waals surface area contributed by atoms with Crippen LogP contribution in [0, 0.1) is 10.1 Å². The van der Waals surface area contributed by atoms with E-state index in [0.717, 1.165) is 5.56 Å². The normalized spacial score (nSPS) is 10.7. The SMILES string of the molecule is O=C(NCc1ccc([N+](=O)[O-])cc1)c1nn(Cc2ccccc2)c(=O)c2ccccc12. The van der Waals surface area contributed by atoms with Crippen LogP contribution in [0.3, 0.4) is 0 Å². The predicted molar refractivity (Wildman–Crippen MR) is 116 cm³/mol. The minimum atomic E-state index is -0.478. The Balaban J connectivity index is 1.64. The Labute approximate surface area is 176 Å². The molecule has 0 unspecified atom stereocenters. The lowest BCUT2D eigenvalue weighted by molar-refractivity contribution is -0.384. The molecule has 0 bridgehead atoms. The van der Waals surface area contributed by atoms with Crippen LogP contribution < -0.4 is 10.9 Å². The molecule has 8 heteroatoms. The first-order valence-electron chi connectivity index (χ1n) is 9.58. The fourth-order valence-corrected chi connectivity index (χ4v) is 3.27. The van der Waals surface area contributed by atoms with Gasteiger partial charge in [0.25, 0.3) is 17.2 Å². The van der Waals surface area contributed by atoms with Crippen LogP contribution in [0.5, 0.6) is 0 Å². The summed E-state index contributed by atoms with van der Waals surface area (Å²) < 4.78 is 1.29. The van der Waals surface area contributed by atoms with Crippen LogP contribution in [0.2, 0.25) is 0 Å². The second-order valence-corrected chi connectivity index (χ2v) is 6.95. The zero-order valence-electron chi connectivity index (χ0n) is 16.4. The summed E-state index contributed by atoms with van der Waals surface area (Å²) in [4.78, 5) is 36.1. The molecule has 1 N–H and O–H groups in total. The fraction of sp³-hybridized carbons (Fsp3) is 0.0870. The van der Waals surface area contributed by atoms with Crippen LogP contribution in [0.15, 0.2) is 83.7 Å². The smallest absolute Gasteiger partial charge is 0.274 e. The molecule has 4 rings (SSSR count). The highest BCUT2D eigenvalue weighted by atomic mass is 16.6. The van der Waals surface area contributed by atoms with Gasteiger partial charge in [0.05, 0.1) is 16.9 Å². The third-order valence-corrected chi connectivity index (χ3v) is 4.86. The van der Waals surface area contributed by atoms with Gasteiger partial charge >= 0.3 is 0 Å². The first kappa shape index (κ1) is 20.0. The second kappa shape index (κ2) is 8.58. The number of carbonyl (C=O) groups excluding carboxylic acids is 1. The standard InChI is InChI=1S/C23H18N4O4/c28-22(24-14-16-10-12-18(13-11-16)27(30)31)21-19-8-4-5-9-20(19)23(29)26(25-21)15-17-6-2-1-3-7-17/h1-13H,14-15H2,(H,24,28). The molecule has 0 saturated carbocycles. The first-order chi connectivity index (χ1) is 15.0. The number of hydrogen-bond donors (Lipinski definition) is 1. The Morgan fingerprint density at radius 1 is 0.903 bits per heavy atom. The van der Waals surface area contributed by atoms with Crippen LogP contribution in [-0.4, -0.2) is 20.6 Å². The van der Waals surface area contributed by atoms with Gasteiger partial charge in [-0.15, -0.1) is 0 Å². The van der Waals surface area contributed by atoms with Crippen molar-refractivity contribution in [2.75, 3.05) is 0 Å². The van der Waals surface area contributed by atoms with Gasteiger partial charge in [-0.25, -0.2) is 4.68 Å². The Kier molecular flexibility index (Phi) is 5.53. The average molecular weight is 414 g/mol. The number of nitrogens with one attached hydrogen (secondary N) is 1. The highest BCUT2D eigenvalue weighted by Crippen LogP contribution is 2.15. The van der Waals surface area contributed by atoms with Crippen molar-refractivity contribution in [3.8, 4) is 0 Å². The monoisotopic (exact) mass is 414 g/mol. The number of hydrogen-bond acceptors (Lipinski definition) is 5. The average Bonchev–Trinajstić information content (AvgIpc) is 2.80. The number of carbonyl (C=O) groups is 1. The second-order valence-electron chi connectivity index (χ2n) is 6.95. The summed E-state index contributed by atoms with van der Waals surface area (Å²) in [7, 11) is 0. The number of fused-ring (bicyclic) bond motifs is 1. The summed E-state index contributed by atoms with van der Waals surface area (Å²) in [6, 6.07) is 22.2. The van der Waals surface area contributed by atoms with Crippen LogP contribution in [0.4, 0.5) is 5.69 Å². The number of amides is 1. The van der Waals surface area contributed by atoms with Crippen molar-refractivity contribution in [3.63, 3.8) is 0 Å². The molecule has 0 saturated heterocycles. The zero-order chi connectivity index (χ0) is 21.8. The molecule has 0 aliphatic heterocycles. The van der Waals surface area contributed by atoms with Gasteiger partial charge in [-0.2, -0.15) is 5.10 Å². The number of benzene rings is 3. The molecular weight excluding hydrogens is 396 g/mol. The van der Waals surface area contributed by atoms with E-state index >= 15 is 0 Å². The summed E-state index contributed by atoms with van der Waals surface area (Å²) in [5.74, 6) is -0.434. The maximum atomic E-state index is 12.9. The number of aromatic nitrogens is 2. The van der Waals surface area contributed by atoms with Crippen LogP contribution in [-0.2, 0) is 13.1 Å². The van der Waals surface area contributed by atoms with E-state index in [2.05, 4.69) is 10.4 Å². The molecule has 1 aromatic heterocycles. The van der Waals surface area contributed by atoms with Crippen LogP contribution in [0.1, 0.15) is 21.6 Å². The molecule has 3 aromatic carbocycles. The number of rotatable bonds is 6. The van der Waals surface area contributed by atoms with Gasteiger partial charge in [0.15, 0.2) is 5.69 Å². The lowest BCUT2D eigenvalue weighted by atomic mass is 10.1. The molecule has 0 atom stereocenters. The summed E-state index contributed by atoms with van der Waals surface area (Å²) in [6.45, 7) is 0.414. The van der Waals surface area contributed by atoms with Crippen molar-refractivity contribution in [3.05, 3.63) is 116 Å². The summed E-state index contributed by atoms with van der Waals surface area (Å²) in [6.07, 6.45) is 0. The van der Waals surface area contributed by atoms with Crippen LogP contribution >= 0.6 is 0 Å². The molecule has 1 heterocycles. The summed E-state index contributed by atoms with van der Waals surface area (Å²) >= 11 is 0. The van der Waals surface area contributed by atoms with Gasteiger partial charge < -0.3 is 5.32 Å². The van der Waals surface area contributed by atoms with E-state index in [1.54, 1.807) is 36.4 Å². The number of nitro groups is 1. The number of non-ortho nitro benzene ring substituents is 1. The van der Waals surface area contributed by atoms with Crippen molar-refractivity contribution >= 4 is 22.4 Å². The maximum absolute atomic E-state index is 12.9. The third-order valence-electron chi connectivity index (χ3n) is 4.86.